The maximum atomic E-state index is 13.1. The number of amides is 1. The van der Waals surface area contributed by atoms with Gasteiger partial charge in [0.15, 0.2) is 4.08 Å². The third kappa shape index (κ3) is 2.00. The zero-order chi connectivity index (χ0) is 14.3. The second kappa shape index (κ2) is 5.11. The van der Waals surface area contributed by atoms with Gasteiger partial charge in [0.05, 0.1) is 12.2 Å². The van der Waals surface area contributed by atoms with Gasteiger partial charge in [-0.1, -0.05) is 48.5 Å². The van der Waals surface area contributed by atoms with Gasteiger partial charge in [0.1, 0.15) is 0 Å². The minimum atomic E-state index is -0.397. The van der Waals surface area contributed by atoms with Crippen LogP contribution in [0, 0.1) is 0 Å². The highest BCUT2D eigenvalue weighted by molar-refractivity contribution is 8.21. The van der Waals surface area contributed by atoms with Crippen molar-refractivity contribution in [3.63, 3.8) is 0 Å². The van der Waals surface area contributed by atoms with Gasteiger partial charge >= 0.3 is 0 Å². The van der Waals surface area contributed by atoms with Crippen molar-refractivity contribution in [2.24, 2.45) is 0 Å². The summed E-state index contributed by atoms with van der Waals surface area (Å²) >= 11 is 3.58. The van der Waals surface area contributed by atoms with Crippen molar-refractivity contribution in [3.05, 3.63) is 65.7 Å². The summed E-state index contributed by atoms with van der Waals surface area (Å²) in [5, 5.41) is 0. The van der Waals surface area contributed by atoms with Crippen LogP contribution in [0.5, 0.6) is 0 Å². The van der Waals surface area contributed by atoms with E-state index >= 15 is 0 Å². The van der Waals surface area contributed by atoms with E-state index in [2.05, 4.69) is 24.3 Å². The van der Waals surface area contributed by atoms with Crippen molar-refractivity contribution in [1.82, 2.24) is 0 Å². The Morgan fingerprint density at radius 3 is 2.38 bits per heavy atom. The fourth-order valence-corrected chi connectivity index (χ4v) is 6.20. The van der Waals surface area contributed by atoms with E-state index in [0.29, 0.717) is 6.54 Å². The lowest BCUT2D eigenvalue weighted by molar-refractivity contribution is -0.118. The van der Waals surface area contributed by atoms with E-state index in [1.165, 1.54) is 11.1 Å². The topological polar surface area (TPSA) is 20.3 Å². The number of rotatable bonds is 2. The maximum absolute atomic E-state index is 13.1. The van der Waals surface area contributed by atoms with Crippen LogP contribution in [0.1, 0.15) is 11.1 Å². The summed E-state index contributed by atoms with van der Waals surface area (Å²) in [4.78, 5) is 15.0. The summed E-state index contributed by atoms with van der Waals surface area (Å²) in [6.45, 7) is 0.652. The van der Waals surface area contributed by atoms with Crippen LogP contribution < -0.4 is 4.90 Å². The second-order valence-electron chi connectivity index (χ2n) is 5.21. The smallest absolute Gasteiger partial charge is 0.258 e. The number of thioether (sulfide) groups is 2. The maximum Gasteiger partial charge on any atom is 0.258 e. The van der Waals surface area contributed by atoms with E-state index in [-0.39, 0.29) is 5.91 Å². The minimum absolute atomic E-state index is 0.236. The molecular formula is C17H15NOS2. The van der Waals surface area contributed by atoms with Gasteiger partial charge in [-0.25, -0.2) is 0 Å². The molecule has 4 heteroatoms. The Bertz CT molecular complexity index is 680. The van der Waals surface area contributed by atoms with Gasteiger partial charge in [-0.3, -0.25) is 4.79 Å². The molecule has 21 heavy (non-hydrogen) atoms. The Hall–Kier alpha value is -1.39. The molecule has 0 bridgehead atoms. The molecule has 2 aromatic rings. The van der Waals surface area contributed by atoms with Crippen LogP contribution in [0.2, 0.25) is 0 Å². The fraction of sp³-hybridized carbons (Fsp3) is 0.235. The number of hydrogen-bond donors (Lipinski definition) is 0. The molecule has 1 saturated heterocycles. The standard InChI is InChI=1S/C17H15NOS2/c19-16-17(20-10-11-21-17)14-8-4-5-9-15(14)18(16)12-13-6-2-1-3-7-13/h1-9H,10-12H2. The van der Waals surface area contributed by atoms with Crippen LogP contribution in [0.25, 0.3) is 0 Å². The molecule has 2 aliphatic heterocycles. The average Bonchev–Trinajstić information content (AvgIpc) is 3.11. The quantitative estimate of drug-likeness (QED) is 0.839. The van der Waals surface area contributed by atoms with Crippen LogP contribution in [-0.2, 0) is 15.4 Å². The molecule has 2 nitrogen and oxygen atoms in total. The third-order valence-electron chi connectivity index (χ3n) is 3.95. The van der Waals surface area contributed by atoms with Crippen molar-refractivity contribution in [2.75, 3.05) is 16.4 Å². The van der Waals surface area contributed by atoms with Gasteiger partial charge in [-0.2, -0.15) is 0 Å². The molecule has 1 spiro atoms. The highest BCUT2D eigenvalue weighted by atomic mass is 32.2. The van der Waals surface area contributed by atoms with Crippen LogP contribution in [0.15, 0.2) is 54.6 Å². The fourth-order valence-electron chi connectivity index (χ4n) is 3.00. The van der Waals surface area contributed by atoms with Crippen LogP contribution >= 0.6 is 23.5 Å². The third-order valence-corrected chi connectivity index (χ3v) is 7.34. The molecule has 1 fully saturated rings. The first-order valence-electron chi connectivity index (χ1n) is 7.04. The van der Waals surface area contributed by atoms with Gasteiger partial charge in [-0.15, -0.1) is 23.5 Å². The van der Waals surface area contributed by atoms with Crippen LogP contribution in [0.4, 0.5) is 5.69 Å². The average molecular weight is 313 g/mol. The molecule has 2 heterocycles. The van der Waals surface area contributed by atoms with Gasteiger partial charge < -0.3 is 4.90 Å². The van der Waals surface area contributed by atoms with E-state index in [4.69, 9.17) is 0 Å². The predicted molar refractivity (Wildman–Crippen MR) is 90.7 cm³/mol. The molecule has 0 atom stereocenters. The lowest BCUT2D eigenvalue weighted by Gasteiger charge is -2.22. The summed E-state index contributed by atoms with van der Waals surface area (Å²) in [5.74, 6) is 2.33. The van der Waals surface area contributed by atoms with E-state index < -0.39 is 4.08 Å². The Morgan fingerprint density at radius 2 is 1.62 bits per heavy atom. The van der Waals surface area contributed by atoms with Crippen LogP contribution in [-0.4, -0.2) is 17.4 Å². The number of carbonyl (C=O) groups excluding carboxylic acids is 1. The first kappa shape index (κ1) is 13.3. The molecule has 1 amide bonds. The van der Waals surface area contributed by atoms with Gasteiger partial charge in [0, 0.05) is 17.1 Å². The van der Waals surface area contributed by atoms with Gasteiger partial charge in [0.2, 0.25) is 0 Å². The second-order valence-corrected chi connectivity index (χ2v) is 8.08. The first-order valence-corrected chi connectivity index (χ1v) is 9.02. The molecule has 0 radical (unpaired) electrons. The monoisotopic (exact) mass is 313 g/mol. The van der Waals surface area contributed by atoms with E-state index in [1.54, 1.807) is 23.5 Å². The number of fused-ring (bicyclic) bond motifs is 2. The Labute approximate surface area is 132 Å². The minimum Gasteiger partial charge on any atom is -0.305 e. The van der Waals surface area contributed by atoms with Crippen molar-refractivity contribution >= 4 is 35.1 Å². The largest absolute Gasteiger partial charge is 0.305 e. The van der Waals surface area contributed by atoms with Gasteiger partial charge in [-0.05, 0) is 11.6 Å². The molecule has 4 rings (SSSR count). The summed E-state index contributed by atoms with van der Waals surface area (Å²) < 4.78 is -0.397. The van der Waals surface area contributed by atoms with Crippen molar-refractivity contribution in [1.29, 1.82) is 0 Å². The molecular weight excluding hydrogens is 298 g/mol. The summed E-state index contributed by atoms with van der Waals surface area (Å²) in [5.41, 5.74) is 3.43. The molecule has 0 aliphatic carbocycles. The number of hydrogen-bond acceptors (Lipinski definition) is 3. The molecule has 0 aromatic heterocycles. The Balaban J connectivity index is 1.77. The van der Waals surface area contributed by atoms with Crippen molar-refractivity contribution < 1.29 is 4.79 Å². The number of nitrogens with zero attached hydrogens (tertiary/aromatic N) is 1. The highest BCUT2D eigenvalue weighted by Crippen LogP contribution is 2.59. The van der Waals surface area contributed by atoms with E-state index in [1.807, 2.05) is 35.2 Å². The molecule has 0 saturated carbocycles. The first-order chi connectivity index (χ1) is 10.3. The summed E-state index contributed by atoms with van der Waals surface area (Å²) in [6, 6.07) is 18.5. The molecule has 0 unspecified atom stereocenters. The number of anilines is 1. The van der Waals surface area contributed by atoms with E-state index in [0.717, 1.165) is 17.2 Å². The Kier molecular flexibility index (Phi) is 3.23. The lowest BCUT2D eigenvalue weighted by atomic mass is 10.1. The van der Waals surface area contributed by atoms with Crippen molar-refractivity contribution in [3.8, 4) is 0 Å². The molecule has 2 aromatic carbocycles. The molecule has 0 N–H and O–H groups in total. The number of carbonyl (C=O) groups is 1. The summed E-state index contributed by atoms with van der Waals surface area (Å²) in [7, 11) is 0. The lowest BCUT2D eigenvalue weighted by Crippen LogP contribution is -2.34. The molecule has 106 valence electrons. The van der Waals surface area contributed by atoms with E-state index in [9.17, 15) is 4.79 Å². The highest BCUT2D eigenvalue weighted by Gasteiger charge is 2.53. The summed E-state index contributed by atoms with van der Waals surface area (Å²) in [6.07, 6.45) is 0. The zero-order valence-electron chi connectivity index (χ0n) is 11.5. The predicted octanol–water partition coefficient (Wildman–Crippen LogP) is 3.87. The van der Waals surface area contributed by atoms with Gasteiger partial charge in [0.25, 0.3) is 5.91 Å². The SMILES string of the molecule is O=C1N(Cc2ccccc2)c2ccccc2C12SCCS2. The van der Waals surface area contributed by atoms with Crippen LogP contribution in [0.3, 0.4) is 0 Å². The normalized spacial score (nSPS) is 19.2. The van der Waals surface area contributed by atoms with Crippen molar-refractivity contribution in [2.45, 2.75) is 10.6 Å². The number of benzene rings is 2. The molecule has 2 aliphatic rings. The number of para-hydroxylation sites is 1. The zero-order valence-corrected chi connectivity index (χ0v) is 13.1. The Morgan fingerprint density at radius 1 is 0.952 bits per heavy atom.